The zero-order valence-corrected chi connectivity index (χ0v) is 21.7. The van der Waals surface area contributed by atoms with Gasteiger partial charge >= 0.3 is 0 Å². The van der Waals surface area contributed by atoms with E-state index in [2.05, 4.69) is 5.32 Å². The average Bonchev–Trinajstić information content (AvgIpc) is 3.43. The molecule has 0 bridgehead atoms. The molecule has 3 amide bonds. The van der Waals surface area contributed by atoms with Gasteiger partial charge in [-0.3, -0.25) is 14.4 Å². The van der Waals surface area contributed by atoms with Gasteiger partial charge < -0.3 is 10.2 Å². The summed E-state index contributed by atoms with van der Waals surface area (Å²) in [5.41, 5.74) is 0.924. The van der Waals surface area contributed by atoms with Crippen LogP contribution in [0.15, 0.2) is 53.4 Å². The highest BCUT2D eigenvalue weighted by molar-refractivity contribution is 7.90. The number of carbonyl (C=O) groups is 3. The van der Waals surface area contributed by atoms with Crippen molar-refractivity contribution in [1.29, 1.82) is 0 Å². The summed E-state index contributed by atoms with van der Waals surface area (Å²) in [6, 6.07) is 12.6. The van der Waals surface area contributed by atoms with E-state index in [1.165, 1.54) is 17.0 Å². The maximum absolute atomic E-state index is 13.3. The Balaban J connectivity index is 1.44. The van der Waals surface area contributed by atoms with E-state index >= 15 is 0 Å². The van der Waals surface area contributed by atoms with Gasteiger partial charge in [-0.15, -0.1) is 0 Å². The number of nitrogens with one attached hydrogen (secondary N) is 1. The second kappa shape index (κ2) is 11.0. The predicted molar refractivity (Wildman–Crippen MR) is 136 cm³/mol. The molecule has 1 fully saturated rings. The van der Waals surface area contributed by atoms with E-state index in [1.54, 1.807) is 37.3 Å². The maximum atomic E-state index is 13.3. The maximum Gasteiger partial charge on any atom is 0.269 e. The van der Waals surface area contributed by atoms with Crippen LogP contribution in [0.5, 0.6) is 0 Å². The molecule has 0 spiro atoms. The molecule has 36 heavy (non-hydrogen) atoms. The Morgan fingerprint density at radius 1 is 1.14 bits per heavy atom. The van der Waals surface area contributed by atoms with E-state index in [0.717, 1.165) is 35.6 Å². The van der Waals surface area contributed by atoms with Crippen LogP contribution in [0.1, 0.15) is 61.4 Å². The molecule has 1 heterocycles. The summed E-state index contributed by atoms with van der Waals surface area (Å²) in [5, 5.41) is 3.58. The Morgan fingerprint density at radius 2 is 1.86 bits per heavy atom. The molecule has 1 aliphatic carbocycles. The number of carbonyl (C=O) groups excluding carboxylic acids is 3. The van der Waals surface area contributed by atoms with Crippen molar-refractivity contribution < 1.29 is 22.8 Å². The molecule has 2 aromatic carbocycles. The summed E-state index contributed by atoms with van der Waals surface area (Å²) >= 11 is 6.12. The molecule has 10 heteroatoms. The van der Waals surface area contributed by atoms with Gasteiger partial charge in [0.1, 0.15) is 10.9 Å². The van der Waals surface area contributed by atoms with E-state index in [4.69, 9.17) is 11.6 Å². The van der Waals surface area contributed by atoms with Crippen molar-refractivity contribution in [2.45, 2.75) is 69.0 Å². The zero-order chi connectivity index (χ0) is 25.9. The largest absolute Gasteiger partial charge is 0.352 e. The minimum atomic E-state index is -3.93. The smallest absolute Gasteiger partial charge is 0.269 e. The van der Waals surface area contributed by atoms with Crippen molar-refractivity contribution in [2.24, 2.45) is 0 Å². The highest BCUT2D eigenvalue weighted by Crippen LogP contribution is 2.30. The van der Waals surface area contributed by atoms with E-state index in [9.17, 15) is 22.8 Å². The fraction of sp³-hybridized carbons (Fsp3) is 0.423. The van der Waals surface area contributed by atoms with Crippen LogP contribution in [-0.2, 0) is 26.2 Å². The molecule has 1 unspecified atom stereocenters. The Labute approximate surface area is 216 Å². The summed E-state index contributed by atoms with van der Waals surface area (Å²) in [6.45, 7) is 1.76. The Morgan fingerprint density at radius 3 is 2.56 bits per heavy atom. The van der Waals surface area contributed by atoms with E-state index in [-0.39, 0.29) is 54.2 Å². The highest BCUT2D eigenvalue weighted by atomic mass is 35.5. The van der Waals surface area contributed by atoms with Crippen LogP contribution in [0.2, 0.25) is 5.02 Å². The molecule has 2 aromatic rings. The SMILES string of the molecule is CC(C(=O)NC1CCCC1)N(Cc1cccc(Cl)c1)C(=O)CCCN1C(=O)c2ccccc2S1(=O)=O. The van der Waals surface area contributed by atoms with Gasteiger partial charge in [-0.1, -0.05) is 48.7 Å². The van der Waals surface area contributed by atoms with E-state index in [0.29, 0.717) is 5.02 Å². The number of sulfonamides is 1. The molecule has 1 saturated carbocycles. The van der Waals surface area contributed by atoms with Crippen molar-refractivity contribution in [3.05, 3.63) is 64.7 Å². The lowest BCUT2D eigenvalue weighted by Crippen LogP contribution is -2.49. The van der Waals surface area contributed by atoms with Crippen molar-refractivity contribution in [3.8, 4) is 0 Å². The Bertz CT molecular complexity index is 1260. The summed E-state index contributed by atoms with van der Waals surface area (Å²) < 4.78 is 26.4. The topological polar surface area (TPSA) is 104 Å². The molecule has 192 valence electrons. The fourth-order valence-electron chi connectivity index (χ4n) is 4.78. The summed E-state index contributed by atoms with van der Waals surface area (Å²) in [7, 11) is -3.93. The quantitative estimate of drug-likeness (QED) is 0.531. The summed E-state index contributed by atoms with van der Waals surface area (Å²) in [5.74, 6) is -1.10. The minimum Gasteiger partial charge on any atom is -0.352 e. The standard InChI is InChI=1S/C26H30ClN3O5S/c1-18(25(32)28-21-10-2-3-11-21)29(17-19-8-6-9-20(27)16-19)24(31)14-7-15-30-26(33)22-12-4-5-13-23(22)36(30,34)35/h4-6,8-9,12-13,16,18,21H,2-3,7,10-11,14-15,17H2,1H3,(H,28,32). The van der Waals surface area contributed by atoms with Crippen LogP contribution >= 0.6 is 11.6 Å². The third-order valence-electron chi connectivity index (χ3n) is 6.77. The monoisotopic (exact) mass is 531 g/mol. The van der Waals surface area contributed by atoms with Crippen LogP contribution in [-0.4, -0.2) is 54.0 Å². The lowest BCUT2D eigenvalue weighted by atomic mass is 10.1. The van der Waals surface area contributed by atoms with Gasteiger partial charge in [0.15, 0.2) is 0 Å². The van der Waals surface area contributed by atoms with Gasteiger partial charge in [-0.25, -0.2) is 12.7 Å². The normalized spacial score (nSPS) is 17.6. The number of hydrogen-bond acceptors (Lipinski definition) is 5. The second-order valence-corrected chi connectivity index (χ2v) is 11.6. The zero-order valence-electron chi connectivity index (χ0n) is 20.2. The first-order chi connectivity index (χ1) is 17.2. The number of fused-ring (bicyclic) bond motifs is 1. The number of amides is 3. The lowest BCUT2D eigenvalue weighted by molar-refractivity contribution is -0.141. The van der Waals surface area contributed by atoms with Gasteiger partial charge in [0.25, 0.3) is 15.9 Å². The van der Waals surface area contributed by atoms with Crippen LogP contribution in [0.25, 0.3) is 0 Å². The molecule has 0 aromatic heterocycles. The van der Waals surface area contributed by atoms with Crippen LogP contribution in [0, 0.1) is 0 Å². The van der Waals surface area contributed by atoms with Gasteiger partial charge in [-0.2, -0.15) is 0 Å². The average molecular weight is 532 g/mol. The molecule has 2 aliphatic rings. The van der Waals surface area contributed by atoms with Crippen LogP contribution in [0.4, 0.5) is 0 Å². The number of benzene rings is 2. The molecule has 1 N–H and O–H groups in total. The van der Waals surface area contributed by atoms with Gasteiger partial charge in [-0.05, 0) is 56.0 Å². The first-order valence-corrected chi connectivity index (χ1v) is 14.0. The van der Waals surface area contributed by atoms with Crippen molar-refractivity contribution >= 4 is 39.3 Å². The highest BCUT2D eigenvalue weighted by Gasteiger charge is 2.40. The molecule has 0 saturated heterocycles. The molecule has 0 radical (unpaired) electrons. The molecule has 4 rings (SSSR count). The number of nitrogens with zero attached hydrogens (tertiary/aromatic N) is 2. The Kier molecular flexibility index (Phi) is 8.00. The molecule has 1 aliphatic heterocycles. The third kappa shape index (κ3) is 5.57. The molecule has 1 atom stereocenters. The van der Waals surface area contributed by atoms with Crippen molar-refractivity contribution in [3.63, 3.8) is 0 Å². The minimum absolute atomic E-state index is 0.0129. The van der Waals surface area contributed by atoms with Crippen molar-refractivity contribution in [1.82, 2.24) is 14.5 Å². The fourth-order valence-corrected chi connectivity index (χ4v) is 6.60. The predicted octanol–water partition coefficient (Wildman–Crippen LogP) is 3.74. The van der Waals surface area contributed by atoms with Crippen LogP contribution < -0.4 is 5.32 Å². The third-order valence-corrected chi connectivity index (χ3v) is 8.85. The van der Waals surface area contributed by atoms with Crippen LogP contribution in [0.3, 0.4) is 0 Å². The first kappa shape index (κ1) is 26.2. The second-order valence-electron chi connectivity index (χ2n) is 9.30. The Hall–Kier alpha value is -2.91. The number of hydrogen-bond donors (Lipinski definition) is 1. The van der Waals surface area contributed by atoms with Gasteiger partial charge in [0.05, 0.1) is 5.56 Å². The summed E-state index contributed by atoms with van der Waals surface area (Å²) in [6.07, 6.45) is 4.14. The molecular weight excluding hydrogens is 502 g/mol. The summed E-state index contributed by atoms with van der Waals surface area (Å²) in [4.78, 5) is 40.4. The van der Waals surface area contributed by atoms with Gasteiger partial charge in [0.2, 0.25) is 11.8 Å². The van der Waals surface area contributed by atoms with E-state index in [1.807, 2.05) is 6.07 Å². The number of rotatable bonds is 9. The first-order valence-electron chi connectivity index (χ1n) is 12.2. The lowest BCUT2D eigenvalue weighted by Gasteiger charge is -2.30. The number of halogens is 1. The molecular formula is C26H30ClN3O5S. The molecule has 8 nitrogen and oxygen atoms in total. The van der Waals surface area contributed by atoms with Crippen molar-refractivity contribution in [2.75, 3.05) is 6.54 Å². The van der Waals surface area contributed by atoms with Gasteiger partial charge in [0, 0.05) is 30.6 Å². The van der Waals surface area contributed by atoms with E-state index < -0.39 is 22.0 Å².